The van der Waals surface area contributed by atoms with E-state index in [0.29, 0.717) is 13.0 Å². The van der Waals surface area contributed by atoms with Gasteiger partial charge in [-0.3, -0.25) is 14.4 Å². The number of ketones is 1. The zero-order valence-corrected chi connectivity index (χ0v) is 18.8. The second-order valence-corrected chi connectivity index (χ2v) is 10.2. The molecule has 2 aromatic rings. The smallest absolute Gasteiger partial charge is 0.289 e. The van der Waals surface area contributed by atoms with E-state index in [1.165, 1.54) is 23.7 Å². The van der Waals surface area contributed by atoms with Crippen LogP contribution in [0.5, 0.6) is 0 Å². The zero-order valence-electron chi connectivity index (χ0n) is 17.1. The molecular weight excluding hydrogens is 440 g/mol. The normalized spacial score (nSPS) is 18.4. The van der Waals surface area contributed by atoms with E-state index in [9.17, 15) is 22.8 Å². The molecule has 0 fully saturated rings. The van der Waals surface area contributed by atoms with Crippen LogP contribution in [0.15, 0.2) is 41.4 Å². The Balaban J connectivity index is 1.82. The summed E-state index contributed by atoms with van der Waals surface area (Å²) in [5.41, 5.74) is 0.783. The SMILES string of the molecule is CC(C)C(NS(=O)(=O)c1ccccc1)C(=O)NC1Cc2cnsc2CCNC(=O)C1=O. The maximum atomic E-state index is 13.0. The first-order valence-corrected chi connectivity index (χ1v) is 12.1. The first kappa shape index (κ1) is 23.0. The lowest BCUT2D eigenvalue weighted by molar-refractivity contribution is -0.140. The second kappa shape index (κ2) is 9.67. The molecule has 0 saturated heterocycles. The topological polar surface area (TPSA) is 134 Å². The molecular formula is C20H24N4O5S2. The highest BCUT2D eigenvalue weighted by molar-refractivity contribution is 7.89. The molecule has 1 aliphatic rings. The van der Waals surface area contributed by atoms with Gasteiger partial charge in [-0.2, -0.15) is 4.72 Å². The summed E-state index contributed by atoms with van der Waals surface area (Å²) >= 11 is 1.28. The Bertz CT molecular complexity index is 1070. The predicted molar refractivity (Wildman–Crippen MR) is 115 cm³/mol. The first-order valence-electron chi connectivity index (χ1n) is 9.81. The van der Waals surface area contributed by atoms with E-state index in [1.54, 1.807) is 38.2 Å². The van der Waals surface area contributed by atoms with Crippen molar-refractivity contribution in [2.45, 2.75) is 43.7 Å². The number of benzene rings is 1. The van der Waals surface area contributed by atoms with Gasteiger partial charge in [0.15, 0.2) is 0 Å². The fourth-order valence-corrected chi connectivity index (χ4v) is 5.33. The highest BCUT2D eigenvalue weighted by atomic mass is 32.2. The molecule has 1 aromatic heterocycles. The minimum atomic E-state index is -3.96. The van der Waals surface area contributed by atoms with Crippen molar-refractivity contribution >= 4 is 39.2 Å². The molecule has 0 saturated carbocycles. The average molecular weight is 465 g/mol. The lowest BCUT2D eigenvalue weighted by Crippen LogP contribution is -2.55. The van der Waals surface area contributed by atoms with Crippen molar-refractivity contribution in [3.05, 3.63) is 47.0 Å². The number of sulfonamides is 1. The van der Waals surface area contributed by atoms with Crippen LogP contribution < -0.4 is 15.4 Å². The number of carbonyl (C=O) groups is 3. The molecule has 0 bridgehead atoms. The summed E-state index contributed by atoms with van der Waals surface area (Å²) < 4.78 is 32.0. The summed E-state index contributed by atoms with van der Waals surface area (Å²) in [5, 5.41) is 5.13. The number of rotatable bonds is 6. The van der Waals surface area contributed by atoms with Gasteiger partial charge in [-0.05, 0) is 35.1 Å². The number of nitrogens with zero attached hydrogens (tertiary/aromatic N) is 1. The summed E-state index contributed by atoms with van der Waals surface area (Å²) in [6.07, 6.45) is 2.28. The van der Waals surface area contributed by atoms with Gasteiger partial charge in [0.2, 0.25) is 21.7 Å². The largest absolute Gasteiger partial charge is 0.349 e. The molecule has 11 heteroatoms. The van der Waals surface area contributed by atoms with Gasteiger partial charge in [-0.1, -0.05) is 32.0 Å². The van der Waals surface area contributed by atoms with Crippen molar-refractivity contribution in [1.82, 2.24) is 19.7 Å². The molecule has 0 radical (unpaired) electrons. The van der Waals surface area contributed by atoms with E-state index in [1.807, 2.05) is 0 Å². The Morgan fingerprint density at radius 3 is 2.61 bits per heavy atom. The van der Waals surface area contributed by atoms with Gasteiger partial charge in [0.25, 0.3) is 5.91 Å². The molecule has 9 nitrogen and oxygen atoms in total. The maximum Gasteiger partial charge on any atom is 0.289 e. The molecule has 2 heterocycles. The highest BCUT2D eigenvalue weighted by Gasteiger charge is 2.34. The third kappa shape index (κ3) is 5.54. The second-order valence-electron chi connectivity index (χ2n) is 7.57. The van der Waals surface area contributed by atoms with Crippen molar-refractivity contribution in [2.24, 2.45) is 5.92 Å². The van der Waals surface area contributed by atoms with Crippen molar-refractivity contribution in [3.8, 4) is 0 Å². The Morgan fingerprint density at radius 2 is 1.94 bits per heavy atom. The molecule has 2 atom stereocenters. The number of hydrogen-bond acceptors (Lipinski definition) is 7. The number of carbonyl (C=O) groups excluding carboxylic acids is 3. The van der Waals surface area contributed by atoms with Gasteiger partial charge in [0, 0.05) is 30.5 Å². The van der Waals surface area contributed by atoms with Gasteiger partial charge >= 0.3 is 0 Å². The van der Waals surface area contributed by atoms with E-state index in [0.717, 1.165) is 10.4 Å². The van der Waals surface area contributed by atoms with Crippen LogP contribution in [0, 0.1) is 5.92 Å². The van der Waals surface area contributed by atoms with E-state index in [2.05, 4.69) is 19.7 Å². The maximum absolute atomic E-state index is 13.0. The van der Waals surface area contributed by atoms with Crippen molar-refractivity contribution in [1.29, 1.82) is 0 Å². The molecule has 0 aliphatic carbocycles. The Kier molecular flexibility index (Phi) is 7.19. The van der Waals surface area contributed by atoms with Crippen LogP contribution in [0.4, 0.5) is 0 Å². The third-order valence-corrected chi connectivity index (χ3v) is 7.29. The van der Waals surface area contributed by atoms with Gasteiger partial charge in [-0.15, -0.1) is 0 Å². The number of hydrogen-bond donors (Lipinski definition) is 3. The van der Waals surface area contributed by atoms with E-state index < -0.39 is 45.6 Å². The van der Waals surface area contributed by atoms with E-state index in [4.69, 9.17) is 0 Å². The van der Waals surface area contributed by atoms with E-state index >= 15 is 0 Å². The van der Waals surface area contributed by atoms with Gasteiger partial charge in [0.1, 0.15) is 12.1 Å². The van der Waals surface area contributed by atoms with Crippen molar-refractivity contribution in [2.75, 3.05) is 6.54 Å². The van der Waals surface area contributed by atoms with Crippen LogP contribution in [0.2, 0.25) is 0 Å². The van der Waals surface area contributed by atoms with Crippen LogP contribution in [-0.2, 0) is 37.2 Å². The minimum Gasteiger partial charge on any atom is -0.349 e. The van der Waals surface area contributed by atoms with Crippen LogP contribution in [-0.4, -0.2) is 49.0 Å². The third-order valence-electron chi connectivity index (χ3n) is 4.93. The minimum absolute atomic E-state index is 0.0281. The van der Waals surface area contributed by atoms with Gasteiger partial charge in [-0.25, -0.2) is 12.8 Å². The lowest BCUT2D eigenvalue weighted by atomic mass is 10.0. The number of fused-ring (bicyclic) bond motifs is 1. The molecule has 31 heavy (non-hydrogen) atoms. The summed E-state index contributed by atoms with van der Waals surface area (Å²) in [7, 11) is -3.96. The summed E-state index contributed by atoms with van der Waals surface area (Å²) in [6, 6.07) is 5.45. The molecule has 2 unspecified atom stereocenters. The molecule has 3 rings (SSSR count). The van der Waals surface area contributed by atoms with Crippen molar-refractivity contribution < 1.29 is 22.8 Å². The fourth-order valence-electron chi connectivity index (χ4n) is 3.21. The molecule has 3 N–H and O–H groups in total. The molecule has 1 aromatic carbocycles. The zero-order chi connectivity index (χ0) is 22.6. The monoisotopic (exact) mass is 464 g/mol. The van der Waals surface area contributed by atoms with Crippen molar-refractivity contribution in [3.63, 3.8) is 0 Å². The number of nitrogens with one attached hydrogen (secondary N) is 3. The molecule has 0 spiro atoms. The highest BCUT2D eigenvalue weighted by Crippen LogP contribution is 2.18. The fraction of sp³-hybridized carbons (Fsp3) is 0.400. The number of aromatic nitrogens is 1. The van der Waals surface area contributed by atoms with Crippen LogP contribution in [0.1, 0.15) is 24.3 Å². The standard InChI is InChI=1S/C20H24N4O5S2/c1-12(2)17(24-31(28,29)14-6-4-3-5-7-14)19(26)23-15-10-13-11-22-30-16(13)8-9-21-20(27)18(15)25/h3-7,11-12,15,17,24H,8-10H2,1-2H3,(H,21,27)(H,23,26). The Hall–Kier alpha value is -2.63. The average Bonchev–Trinajstić information content (AvgIpc) is 3.18. The molecule has 1 aliphatic heterocycles. The molecule has 166 valence electrons. The number of amides is 2. The summed E-state index contributed by atoms with van der Waals surface area (Å²) in [5.74, 6) is -2.64. The quantitative estimate of drug-likeness (QED) is 0.530. The Labute approximate surface area is 184 Å². The molecule has 2 amide bonds. The number of Topliss-reactive ketones (excluding diaryl/α,β-unsaturated/α-hetero) is 1. The predicted octanol–water partition coefficient (Wildman–Crippen LogP) is 0.415. The lowest BCUT2D eigenvalue weighted by Gasteiger charge is -2.24. The van der Waals surface area contributed by atoms with E-state index in [-0.39, 0.29) is 11.3 Å². The van der Waals surface area contributed by atoms with Crippen LogP contribution >= 0.6 is 11.5 Å². The summed E-state index contributed by atoms with van der Waals surface area (Å²) in [6.45, 7) is 3.68. The Morgan fingerprint density at radius 1 is 1.23 bits per heavy atom. The van der Waals surface area contributed by atoms with Crippen LogP contribution in [0.25, 0.3) is 0 Å². The van der Waals surface area contributed by atoms with Crippen LogP contribution in [0.3, 0.4) is 0 Å². The summed E-state index contributed by atoms with van der Waals surface area (Å²) in [4.78, 5) is 38.8. The van der Waals surface area contributed by atoms with Gasteiger partial charge < -0.3 is 10.6 Å². The van der Waals surface area contributed by atoms with Gasteiger partial charge in [0.05, 0.1) is 4.90 Å². The first-order chi connectivity index (χ1) is 14.7.